The van der Waals surface area contributed by atoms with Crippen molar-refractivity contribution < 1.29 is 9.90 Å². The molecule has 2 aromatic heterocycles. The zero-order chi connectivity index (χ0) is 14.7. The fourth-order valence-corrected chi connectivity index (χ4v) is 2.69. The number of nitrogens with zero attached hydrogens (tertiary/aromatic N) is 2. The van der Waals surface area contributed by atoms with Crippen molar-refractivity contribution in [3.05, 3.63) is 59.6 Å². The summed E-state index contributed by atoms with van der Waals surface area (Å²) >= 11 is 1.10. The van der Waals surface area contributed by atoms with Crippen molar-refractivity contribution in [2.75, 3.05) is 5.32 Å². The summed E-state index contributed by atoms with van der Waals surface area (Å²) in [6.45, 7) is 0. The Morgan fingerprint density at radius 1 is 1.10 bits per heavy atom. The van der Waals surface area contributed by atoms with Gasteiger partial charge in [0.1, 0.15) is 10.7 Å². The molecule has 0 aliphatic rings. The molecule has 0 atom stereocenters. The molecule has 3 rings (SSSR count). The van der Waals surface area contributed by atoms with Crippen LogP contribution in [0, 0.1) is 0 Å². The summed E-state index contributed by atoms with van der Waals surface area (Å²) in [4.78, 5) is 20.1. The van der Waals surface area contributed by atoms with Crippen LogP contribution in [0.15, 0.2) is 54.7 Å². The fourth-order valence-electron chi connectivity index (χ4n) is 1.86. The predicted octanol–water partition coefficient (Wildman–Crippen LogP) is 3.65. The Bertz CT molecular complexity index is 757. The fraction of sp³-hybridized carbons (Fsp3) is 0. The molecule has 0 aliphatic heterocycles. The number of thiazole rings is 1. The molecule has 3 aromatic rings. The molecule has 0 radical (unpaired) electrons. The molecule has 0 unspecified atom stereocenters. The van der Waals surface area contributed by atoms with Gasteiger partial charge in [-0.2, -0.15) is 0 Å². The molecule has 104 valence electrons. The van der Waals surface area contributed by atoms with E-state index in [2.05, 4.69) is 15.3 Å². The lowest BCUT2D eigenvalue weighted by Gasteiger charge is -1.99. The van der Waals surface area contributed by atoms with Crippen molar-refractivity contribution in [3.8, 4) is 11.3 Å². The second kappa shape index (κ2) is 5.72. The molecule has 0 saturated carbocycles. The van der Waals surface area contributed by atoms with Gasteiger partial charge in [-0.1, -0.05) is 47.7 Å². The first-order valence-electron chi connectivity index (χ1n) is 6.21. The van der Waals surface area contributed by atoms with Crippen LogP contribution in [0.4, 0.5) is 10.9 Å². The number of nitrogens with one attached hydrogen (secondary N) is 1. The third kappa shape index (κ3) is 2.90. The molecular weight excluding hydrogens is 286 g/mol. The van der Waals surface area contributed by atoms with Crippen LogP contribution >= 0.6 is 11.3 Å². The lowest BCUT2D eigenvalue weighted by molar-refractivity contribution is 0.0702. The van der Waals surface area contributed by atoms with Gasteiger partial charge in [0.05, 0.1) is 5.69 Å². The Kier molecular flexibility index (Phi) is 3.61. The standard InChI is InChI=1S/C15H11N3O2S/c19-14(20)13-12(10-6-2-1-3-7-10)18-15(21-13)17-11-8-4-5-9-16-11/h1-9H,(H,19,20)(H,16,17,18). The summed E-state index contributed by atoms with van der Waals surface area (Å²) in [6, 6.07) is 14.7. The molecular formula is C15H11N3O2S. The summed E-state index contributed by atoms with van der Waals surface area (Å²) < 4.78 is 0. The summed E-state index contributed by atoms with van der Waals surface area (Å²) in [5.74, 6) is -0.358. The molecule has 0 amide bonds. The van der Waals surface area contributed by atoms with Gasteiger partial charge in [-0.15, -0.1) is 0 Å². The number of carboxylic acids is 1. The number of benzene rings is 1. The summed E-state index contributed by atoms with van der Waals surface area (Å²) in [5, 5.41) is 12.9. The first-order chi connectivity index (χ1) is 10.2. The van der Waals surface area contributed by atoms with E-state index in [1.165, 1.54) is 0 Å². The molecule has 5 nitrogen and oxygen atoms in total. The second-order valence-corrected chi connectivity index (χ2v) is 5.21. The van der Waals surface area contributed by atoms with Gasteiger partial charge < -0.3 is 10.4 Å². The van der Waals surface area contributed by atoms with Gasteiger partial charge in [-0.05, 0) is 12.1 Å². The highest BCUT2D eigenvalue weighted by molar-refractivity contribution is 7.17. The lowest BCUT2D eigenvalue weighted by atomic mass is 10.1. The molecule has 6 heteroatoms. The monoisotopic (exact) mass is 297 g/mol. The van der Waals surface area contributed by atoms with Gasteiger partial charge in [0.15, 0.2) is 5.13 Å². The molecule has 0 spiro atoms. The summed E-state index contributed by atoms with van der Waals surface area (Å²) in [6.07, 6.45) is 1.66. The molecule has 1 aromatic carbocycles. The Balaban J connectivity index is 1.99. The summed E-state index contributed by atoms with van der Waals surface area (Å²) in [5.41, 5.74) is 1.24. The van der Waals surface area contributed by atoms with Gasteiger partial charge >= 0.3 is 5.97 Å². The number of rotatable bonds is 4. The number of carboxylic acid groups (broad SMARTS) is 1. The Labute approximate surface area is 124 Å². The second-order valence-electron chi connectivity index (χ2n) is 4.21. The van der Waals surface area contributed by atoms with E-state index < -0.39 is 5.97 Å². The third-order valence-electron chi connectivity index (χ3n) is 2.77. The Hall–Kier alpha value is -2.73. The third-order valence-corrected chi connectivity index (χ3v) is 3.73. The van der Waals surface area contributed by atoms with Crippen LogP contribution in [0.3, 0.4) is 0 Å². The Morgan fingerprint density at radius 3 is 2.52 bits per heavy atom. The quantitative estimate of drug-likeness (QED) is 0.769. The minimum Gasteiger partial charge on any atom is -0.477 e. The van der Waals surface area contributed by atoms with Gasteiger partial charge in [-0.3, -0.25) is 0 Å². The average molecular weight is 297 g/mol. The van der Waals surface area contributed by atoms with Crippen LogP contribution in [0.1, 0.15) is 9.67 Å². The summed E-state index contributed by atoms with van der Waals surface area (Å²) in [7, 11) is 0. The SMILES string of the molecule is O=C(O)c1sc(Nc2ccccn2)nc1-c1ccccc1. The Morgan fingerprint density at radius 2 is 1.86 bits per heavy atom. The maximum absolute atomic E-state index is 11.4. The van der Waals surface area contributed by atoms with Crippen LogP contribution in [0.5, 0.6) is 0 Å². The van der Waals surface area contributed by atoms with E-state index in [1.807, 2.05) is 42.5 Å². The van der Waals surface area contributed by atoms with E-state index in [1.54, 1.807) is 12.3 Å². The highest BCUT2D eigenvalue weighted by Crippen LogP contribution is 2.32. The van der Waals surface area contributed by atoms with Crippen LogP contribution in [-0.2, 0) is 0 Å². The zero-order valence-corrected chi connectivity index (χ0v) is 11.7. The largest absolute Gasteiger partial charge is 0.477 e. The predicted molar refractivity (Wildman–Crippen MR) is 82.0 cm³/mol. The van der Waals surface area contributed by atoms with Crippen molar-refractivity contribution in [2.24, 2.45) is 0 Å². The van der Waals surface area contributed by atoms with E-state index in [-0.39, 0.29) is 4.88 Å². The van der Waals surface area contributed by atoms with E-state index in [0.29, 0.717) is 16.6 Å². The van der Waals surface area contributed by atoms with Crippen molar-refractivity contribution in [2.45, 2.75) is 0 Å². The highest BCUT2D eigenvalue weighted by atomic mass is 32.1. The van der Waals surface area contributed by atoms with Crippen molar-refractivity contribution in [1.29, 1.82) is 0 Å². The van der Waals surface area contributed by atoms with Crippen molar-refractivity contribution in [3.63, 3.8) is 0 Å². The molecule has 0 saturated heterocycles. The van der Waals surface area contributed by atoms with E-state index in [9.17, 15) is 9.90 Å². The van der Waals surface area contributed by atoms with E-state index >= 15 is 0 Å². The van der Waals surface area contributed by atoms with Gasteiger partial charge in [-0.25, -0.2) is 14.8 Å². The van der Waals surface area contributed by atoms with E-state index in [4.69, 9.17) is 0 Å². The van der Waals surface area contributed by atoms with Crippen LogP contribution < -0.4 is 5.32 Å². The van der Waals surface area contributed by atoms with Gasteiger partial charge in [0.25, 0.3) is 0 Å². The van der Waals surface area contributed by atoms with Gasteiger partial charge in [0, 0.05) is 11.8 Å². The molecule has 21 heavy (non-hydrogen) atoms. The van der Waals surface area contributed by atoms with Crippen molar-refractivity contribution in [1.82, 2.24) is 9.97 Å². The maximum atomic E-state index is 11.4. The number of hydrogen-bond donors (Lipinski definition) is 2. The first-order valence-corrected chi connectivity index (χ1v) is 7.03. The molecule has 0 aliphatic carbocycles. The molecule has 0 bridgehead atoms. The number of aromatic carboxylic acids is 1. The topological polar surface area (TPSA) is 75.1 Å². The molecule has 0 fully saturated rings. The van der Waals surface area contributed by atoms with E-state index in [0.717, 1.165) is 16.9 Å². The average Bonchev–Trinajstić information content (AvgIpc) is 2.93. The number of carbonyl (C=O) groups is 1. The number of aromatic nitrogens is 2. The van der Waals surface area contributed by atoms with Crippen LogP contribution in [-0.4, -0.2) is 21.0 Å². The van der Waals surface area contributed by atoms with Crippen molar-refractivity contribution >= 4 is 28.3 Å². The minimum absolute atomic E-state index is 0.208. The molecule has 2 N–H and O–H groups in total. The van der Waals surface area contributed by atoms with Gasteiger partial charge in [0.2, 0.25) is 0 Å². The van der Waals surface area contributed by atoms with Crippen LogP contribution in [0.25, 0.3) is 11.3 Å². The smallest absolute Gasteiger partial charge is 0.348 e. The van der Waals surface area contributed by atoms with Crippen LogP contribution in [0.2, 0.25) is 0 Å². The number of pyridine rings is 1. The lowest BCUT2D eigenvalue weighted by Crippen LogP contribution is -1.95. The first kappa shape index (κ1) is 13.3. The highest BCUT2D eigenvalue weighted by Gasteiger charge is 2.18. The number of anilines is 2. The molecule has 2 heterocycles. The normalized spacial score (nSPS) is 10.3. The maximum Gasteiger partial charge on any atom is 0.348 e. The minimum atomic E-state index is -0.986. The number of hydrogen-bond acceptors (Lipinski definition) is 5. The zero-order valence-electron chi connectivity index (χ0n) is 10.9.